The van der Waals surface area contributed by atoms with Crippen LogP contribution in [0.25, 0.3) is 5.57 Å². The Kier molecular flexibility index (Phi) is 7.84. The van der Waals surface area contributed by atoms with Crippen molar-refractivity contribution in [2.24, 2.45) is 0 Å². The van der Waals surface area contributed by atoms with Gasteiger partial charge in [-0.3, -0.25) is 14.5 Å². The van der Waals surface area contributed by atoms with Gasteiger partial charge in [0.25, 0.3) is 11.8 Å². The normalized spacial score (nSPS) is 13.8. The molecule has 0 saturated heterocycles. The summed E-state index contributed by atoms with van der Waals surface area (Å²) < 4.78 is 11.0. The van der Waals surface area contributed by atoms with Crippen molar-refractivity contribution in [3.63, 3.8) is 0 Å². The van der Waals surface area contributed by atoms with E-state index in [0.717, 1.165) is 23.4 Å². The van der Waals surface area contributed by atoms with E-state index >= 15 is 0 Å². The molecular formula is C25H30N2O4. The number of rotatable bonds is 11. The fourth-order valence-electron chi connectivity index (χ4n) is 3.35. The minimum atomic E-state index is -0.316. The number of nitrogens with one attached hydrogen (secondary N) is 1. The van der Waals surface area contributed by atoms with Crippen molar-refractivity contribution >= 4 is 23.1 Å². The van der Waals surface area contributed by atoms with Gasteiger partial charge in [0.1, 0.15) is 11.4 Å². The highest BCUT2D eigenvalue weighted by Crippen LogP contribution is 2.31. The average Bonchev–Trinajstić information content (AvgIpc) is 3.01. The standard InChI is InChI=1S/C25H30N2O4/c1-4-16-31-21-13-9-19(10-14-21)22-23(26-20-11-7-18(3)8-12-20)25(29)27(24(22)28)15-6-17-30-5-2/h7-14,26H,4-6,15-17H2,1-3H3. The van der Waals surface area contributed by atoms with Crippen LogP contribution in [0.5, 0.6) is 5.75 Å². The number of ether oxygens (including phenoxy) is 2. The van der Waals surface area contributed by atoms with Crippen LogP contribution in [0.15, 0.2) is 54.2 Å². The molecule has 31 heavy (non-hydrogen) atoms. The van der Waals surface area contributed by atoms with E-state index in [1.807, 2.05) is 69.3 Å². The molecule has 1 heterocycles. The quantitative estimate of drug-likeness (QED) is 0.429. The molecule has 1 aliphatic heterocycles. The first-order valence-electron chi connectivity index (χ1n) is 10.8. The molecular weight excluding hydrogens is 392 g/mol. The summed E-state index contributed by atoms with van der Waals surface area (Å²) in [6, 6.07) is 15.0. The van der Waals surface area contributed by atoms with Crippen LogP contribution >= 0.6 is 0 Å². The highest BCUT2D eigenvalue weighted by Gasteiger charge is 2.38. The third kappa shape index (κ3) is 5.52. The predicted octanol–water partition coefficient (Wildman–Crippen LogP) is 4.40. The molecule has 0 atom stereocenters. The van der Waals surface area contributed by atoms with Crippen LogP contribution in [-0.2, 0) is 14.3 Å². The average molecular weight is 423 g/mol. The molecule has 164 valence electrons. The molecule has 0 aromatic heterocycles. The molecule has 2 aromatic rings. The van der Waals surface area contributed by atoms with E-state index in [4.69, 9.17) is 9.47 Å². The topological polar surface area (TPSA) is 67.9 Å². The zero-order chi connectivity index (χ0) is 22.2. The van der Waals surface area contributed by atoms with Crippen LogP contribution in [0.2, 0.25) is 0 Å². The first-order chi connectivity index (χ1) is 15.0. The van der Waals surface area contributed by atoms with E-state index in [-0.39, 0.29) is 11.8 Å². The summed E-state index contributed by atoms with van der Waals surface area (Å²) >= 11 is 0. The monoisotopic (exact) mass is 422 g/mol. The van der Waals surface area contributed by atoms with Crippen molar-refractivity contribution in [1.82, 2.24) is 4.90 Å². The highest BCUT2D eigenvalue weighted by molar-refractivity contribution is 6.36. The number of benzene rings is 2. The number of hydrogen-bond donors (Lipinski definition) is 1. The van der Waals surface area contributed by atoms with Gasteiger partial charge in [-0.15, -0.1) is 0 Å². The van der Waals surface area contributed by atoms with E-state index in [0.29, 0.717) is 49.6 Å². The van der Waals surface area contributed by atoms with Crippen molar-refractivity contribution in [3.8, 4) is 5.75 Å². The second kappa shape index (κ2) is 10.8. The van der Waals surface area contributed by atoms with Gasteiger partial charge in [0.2, 0.25) is 0 Å². The lowest BCUT2D eigenvalue weighted by molar-refractivity contribution is -0.137. The summed E-state index contributed by atoms with van der Waals surface area (Å²) in [7, 11) is 0. The van der Waals surface area contributed by atoms with Crippen molar-refractivity contribution in [2.75, 3.05) is 31.7 Å². The first kappa shape index (κ1) is 22.6. The molecule has 0 bridgehead atoms. The second-order valence-corrected chi connectivity index (χ2v) is 7.43. The molecule has 1 N–H and O–H groups in total. The summed E-state index contributed by atoms with van der Waals surface area (Å²) in [6.07, 6.45) is 1.52. The summed E-state index contributed by atoms with van der Waals surface area (Å²) in [4.78, 5) is 27.7. The van der Waals surface area contributed by atoms with E-state index < -0.39 is 0 Å². The maximum atomic E-state index is 13.2. The van der Waals surface area contributed by atoms with Crippen LogP contribution in [0, 0.1) is 6.92 Å². The molecule has 0 radical (unpaired) electrons. The Hall–Kier alpha value is -3.12. The number of nitrogens with zero attached hydrogens (tertiary/aromatic N) is 1. The first-order valence-corrected chi connectivity index (χ1v) is 10.8. The Balaban J connectivity index is 1.89. The predicted molar refractivity (Wildman–Crippen MR) is 122 cm³/mol. The SMILES string of the molecule is CCCOc1ccc(C2=C(Nc3ccc(C)cc3)C(=O)N(CCCOCC)C2=O)cc1. The molecule has 0 unspecified atom stereocenters. The molecule has 0 fully saturated rings. The summed E-state index contributed by atoms with van der Waals surface area (Å²) in [5.41, 5.74) is 3.24. The Morgan fingerprint density at radius 3 is 2.26 bits per heavy atom. The van der Waals surface area contributed by atoms with Gasteiger partial charge < -0.3 is 14.8 Å². The Morgan fingerprint density at radius 1 is 0.903 bits per heavy atom. The highest BCUT2D eigenvalue weighted by atomic mass is 16.5. The molecule has 0 spiro atoms. The van der Waals surface area contributed by atoms with E-state index in [1.54, 1.807) is 0 Å². The maximum absolute atomic E-state index is 13.2. The van der Waals surface area contributed by atoms with Crippen LogP contribution in [0.3, 0.4) is 0 Å². The number of anilines is 1. The van der Waals surface area contributed by atoms with Gasteiger partial charge in [0, 0.05) is 25.4 Å². The zero-order valence-electron chi connectivity index (χ0n) is 18.4. The lowest BCUT2D eigenvalue weighted by Crippen LogP contribution is -2.34. The van der Waals surface area contributed by atoms with Gasteiger partial charge in [-0.25, -0.2) is 0 Å². The van der Waals surface area contributed by atoms with Crippen LogP contribution < -0.4 is 10.1 Å². The van der Waals surface area contributed by atoms with Crippen molar-refractivity contribution in [1.29, 1.82) is 0 Å². The Morgan fingerprint density at radius 2 is 1.61 bits per heavy atom. The second-order valence-electron chi connectivity index (χ2n) is 7.43. The molecule has 6 nitrogen and oxygen atoms in total. The summed E-state index contributed by atoms with van der Waals surface area (Å²) in [5, 5.41) is 3.18. The van der Waals surface area contributed by atoms with E-state index in [2.05, 4.69) is 5.32 Å². The third-order valence-corrected chi connectivity index (χ3v) is 4.98. The van der Waals surface area contributed by atoms with Gasteiger partial charge in [0.05, 0.1) is 12.2 Å². The summed E-state index contributed by atoms with van der Waals surface area (Å²) in [5.74, 6) is 0.131. The van der Waals surface area contributed by atoms with Crippen molar-refractivity contribution in [3.05, 3.63) is 65.4 Å². The number of carbonyl (C=O) groups is 2. The summed E-state index contributed by atoms with van der Waals surface area (Å²) in [6.45, 7) is 8.03. The Labute approximate surface area is 183 Å². The molecule has 2 aromatic carbocycles. The maximum Gasteiger partial charge on any atom is 0.278 e. The van der Waals surface area contributed by atoms with Gasteiger partial charge in [-0.2, -0.15) is 0 Å². The van der Waals surface area contributed by atoms with Gasteiger partial charge in [0.15, 0.2) is 0 Å². The van der Waals surface area contributed by atoms with E-state index in [1.165, 1.54) is 4.90 Å². The number of hydrogen-bond acceptors (Lipinski definition) is 5. The molecule has 2 amide bonds. The molecule has 6 heteroatoms. The van der Waals surface area contributed by atoms with Crippen LogP contribution in [-0.4, -0.2) is 43.1 Å². The largest absolute Gasteiger partial charge is 0.494 e. The third-order valence-electron chi connectivity index (χ3n) is 4.98. The van der Waals surface area contributed by atoms with Gasteiger partial charge in [-0.05, 0) is 56.5 Å². The minimum Gasteiger partial charge on any atom is -0.494 e. The lowest BCUT2D eigenvalue weighted by Gasteiger charge is -2.15. The smallest absolute Gasteiger partial charge is 0.278 e. The van der Waals surface area contributed by atoms with Crippen molar-refractivity contribution < 1.29 is 19.1 Å². The molecule has 0 saturated carbocycles. The zero-order valence-corrected chi connectivity index (χ0v) is 18.4. The molecule has 1 aliphatic rings. The fourth-order valence-corrected chi connectivity index (χ4v) is 3.35. The number of carbonyl (C=O) groups excluding carboxylic acids is 2. The van der Waals surface area contributed by atoms with Crippen LogP contribution in [0.4, 0.5) is 5.69 Å². The number of imide groups is 1. The van der Waals surface area contributed by atoms with Gasteiger partial charge in [-0.1, -0.05) is 36.8 Å². The van der Waals surface area contributed by atoms with E-state index in [9.17, 15) is 9.59 Å². The number of aryl methyl sites for hydroxylation is 1. The Bertz CT molecular complexity index is 933. The van der Waals surface area contributed by atoms with Crippen LogP contribution in [0.1, 0.15) is 37.8 Å². The minimum absolute atomic E-state index is 0.293. The number of amides is 2. The van der Waals surface area contributed by atoms with Gasteiger partial charge >= 0.3 is 0 Å². The molecule has 0 aliphatic carbocycles. The lowest BCUT2D eigenvalue weighted by atomic mass is 10.0. The van der Waals surface area contributed by atoms with Crippen molar-refractivity contribution in [2.45, 2.75) is 33.6 Å². The molecule has 3 rings (SSSR count). The fraction of sp³-hybridized carbons (Fsp3) is 0.360.